The first-order valence-corrected chi connectivity index (χ1v) is 10.9. The summed E-state index contributed by atoms with van der Waals surface area (Å²) in [7, 11) is 0. The van der Waals surface area contributed by atoms with Gasteiger partial charge in [0.1, 0.15) is 5.69 Å². The van der Waals surface area contributed by atoms with Crippen molar-refractivity contribution in [3.63, 3.8) is 0 Å². The van der Waals surface area contributed by atoms with Crippen molar-refractivity contribution in [1.29, 1.82) is 0 Å². The van der Waals surface area contributed by atoms with Crippen LogP contribution in [0.3, 0.4) is 0 Å². The molecule has 1 aromatic heterocycles. The fourth-order valence-corrected chi connectivity index (χ4v) is 4.32. The Morgan fingerprint density at radius 2 is 1.61 bits per heavy atom. The maximum atomic E-state index is 8.90. The highest BCUT2D eigenvalue weighted by Gasteiger charge is 2.36. The zero-order chi connectivity index (χ0) is 27.0. The number of nitrogens with zero attached hydrogens (tertiary/aromatic N) is 2. The molecule has 0 radical (unpaired) electrons. The van der Waals surface area contributed by atoms with Crippen molar-refractivity contribution in [3.8, 4) is 34.3 Å². The topological polar surface area (TPSA) is 34.6 Å². The van der Waals surface area contributed by atoms with Gasteiger partial charge in [-0.15, -0.1) is 0 Å². The van der Waals surface area contributed by atoms with E-state index in [4.69, 9.17) is 16.3 Å². The fraction of sp³-hybridized carbons (Fsp3) is 0.207. The molecule has 0 bridgehead atoms. The number of aromatic nitrogens is 1. The van der Waals surface area contributed by atoms with E-state index in [1.807, 2.05) is 60.7 Å². The van der Waals surface area contributed by atoms with Gasteiger partial charge in [0.15, 0.2) is 23.0 Å². The third kappa shape index (κ3) is 3.25. The Labute approximate surface area is 201 Å². The summed E-state index contributed by atoms with van der Waals surface area (Å²) in [5, 5.41) is 0. The molecule has 0 spiro atoms. The largest absolute Gasteiger partial charge is 0.453 e. The number of anilines is 3. The average Bonchev–Trinajstić information content (AvgIpc) is 2.87. The fourth-order valence-electron chi connectivity index (χ4n) is 4.32. The van der Waals surface area contributed by atoms with Gasteiger partial charge in [-0.2, -0.15) is 0 Å². The lowest BCUT2D eigenvalue weighted by atomic mass is 9.86. The van der Waals surface area contributed by atoms with Gasteiger partial charge in [-0.25, -0.2) is 0 Å². The summed E-state index contributed by atoms with van der Waals surface area (Å²) in [4.78, 5) is 6.61. The van der Waals surface area contributed by atoms with Crippen molar-refractivity contribution in [2.24, 2.45) is 5.41 Å². The number of aryl methyl sites for hydroxylation is 1. The van der Waals surface area contributed by atoms with Crippen molar-refractivity contribution >= 4 is 17.1 Å². The second-order valence-electron chi connectivity index (χ2n) is 9.25. The number of fused-ring (bicyclic) bond motifs is 4. The van der Waals surface area contributed by atoms with Gasteiger partial charge in [0.05, 0.1) is 17.1 Å². The third-order valence-electron chi connectivity index (χ3n) is 5.65. The van der Waals surface area contributed by atoms with Gasteiger partial charge in [-0.3, -0.25) is 9.88 Å². The molecule has 0 saturated heterocycles. The van der Waals surface area contributed by atoms with E-state index in [2.05, 4.69) is 9.88 Å². The second kappa shape index (κ2) is 7.11. The van der Waals surface area contributed by atoms with Crippen LogP contribution in [0.25, 0.3) is 11.3 Å². The van der Waals surface area contributed by atoms with E-state index in [1.165, 1.54) is 6.20 Å². The molecule has 0 fully saturated rings. The number of ether oxygens (including phenoxy) is 2. The van der Waals surface area contributed by atoms with Crippen LogP contribution in [-0.4, -0.2) is 4.98 Å². The van der Waals surface area contributed by atoms with Crippen LogP contribution < -0.4 is 14.4 Å². The molecule has 0 atom stereocenters. The van der Waals surface area contributed by atoms with Crippen molar-refractivity contribution < 1.29 is 16.3 Å². The number of para-hydroxylation sites is 4. The first-order chi connectivity index (χ1) is 17.9. The SMILES string of the molecule is [2H]C([2H])([2H])c1cnc(-c2ccc3c4c2Oc2ccccc2N4c2ccccc2O3)cc1C([2H])([2H])C(C)(C)C. The minimum Gasteiger partial charge on any atom is -0.453 e. The lowest BCUT2D eigenvalue weighted by Gasteiger charge is -2.38. The van der Waals surface area contributed by atoms with Gasteiger partial charge in [-0.05, 0) is 72.2 Å². The third-order valence-corrected chi connectivity index (χ3v) is 5.65. The first kappa shape index (κ1) is 15.1. The van der Waals surface area contributed by atoms with Crippen LogP contribution in [0.5, 0.6) is 23.0 Å². The van der Waals surface area contributed by atoms with Crippen LogP contribution in [0.2, 0.25) is 0 Å². The molecule has 0 N–H and O–H groups in total. The molecule has 2 aliphatic heterocycles. The maximum absolute atomic E-state index is 8.90. The summed E-state index contributed by atoms with van der Waals surface area (Å²) < 4.78 is 54.6. The number of pyridine rings is 1. The van der Waals surface area contributed by atoms with Crippen molar-refractivity contribution in [2.75, 3.05) is 4.90 Å². The molecule has 2 aliphatic rings. The van der Waals surface area contributed by atoms with E-state index in [0.29, 0.717) is 34.2 Å². The van der Waals surface area contributed by atoms with E-state index in [0.717, 1.165) is 17.1 Å². The molecule has 6 rings (SSSR count). The molecule has 0 aliphatic carbocycles. The molecule has 4 heteroatoms. The monoisotopic (exact) mass is 439 g/mol. The van der Waals surface area contributed by atoms with Crippen LogP contribution in [0.1, 0.15) is 38.8 Å². The van der Waals surface area contributed by atoms with Crippen LogP contribution in [0.4, 0.5) is 17.1 Å². The Morgan fingerprint density at radius 3 is 2.30 bits per heavy atom. The lowest BCUT2D eigenvalue weighted by Crippen LogP contribution is -2.20. The Kier molecular flexibility index (Phi) is 3.26. The van der Waals surface area contributed by atoms with Gasteiger partial charge < -0.3 is 9.47 Å². The molecule has 0 unspecified atom stereocenters. The summed E-state index contributed by atoms with van der Waals surface area (Å²) in [5.41, 5.74) is 2.59. The summed E-state index contributed by atoms with van der Waals surface area (Å²) in [5.74, 6) is 2.49. The van der Waals surface area contributed by atoms with E-state index < -0.39 is 18.6 Å². The van der Waals surface area contributed by atoms with Crippen LogP contribution in [0, 0.1) is 12.3 Å². The normalized spacial score (nSPS) is 16.5. The summed E-state index contributed by atoms with van der Waals surface area (Å²) in [6.07, 6.45) is -0.671. The Bertz CT molecular complexity index is 1580. The van der Waals surface area contributed by atoms with E-state index in [9.17, 15) is 0 Å². The van der Waals surface area contributed by atoms with Gasteiger partial charge >= 0.3 is 0 Å². The summed E-state index contributed by atoms with van der Waals surface area (Å²) >= 11 is 0. The number of rotatable bonds is 2. The number of benzene rings is 3. The Hall–Kier alpha value is -3.79. The Balaban J connectivity index is 1.60. The standard InChI is InChI=1S/C29H26N2O2/c1-18-17-30-21(15-19(18)16-29(2,3)4)20-13-14-26-27-28(20)33-25-12-8-6-10-23(25)31(27)22-9-5-7-11-24(22)32-26/h5-15,17H,16H2,1-4H3/i1D3,16D2. The van der Waals surface area contributed by atoms with Gasteiger partial charge in [0, 0.05) is 18.6 Å². The summed E-state index contributed by atoms with van der Waals surface area (Å²) in [6, 6.07) is 20.7. The van der Waals surface area contributed by atoms with Gasteiger partial charge in [0.25, 0.3) is 0 Å². The highest BCUT2D eigenvalue weighted by Crippen LogP contribution is 2.61. The van der Waals surface area contributed by atoms with Crippen LogP contribution >= 0.6 is 0 Å². The van der Waals surface area contributed by atoms with Crippen molar-refractivity contribution in [2.45, 2.75) is 34.0 Å². The molecule has 3 heterocycles. The lowest BCUT2D eigenvalue weighted by molar-refractivity contribution is 0.410. The molecule has 164 valence electrons. The number of hydrogen-bond acceptors (Lipinski definition) is 4. The maximum Gasteiger partial charge on any atom is 0.164 e. The molecule has 4 aromatic rings. The van der Waals surface area contributed by atoms with Gasteiger partial charge in [0.2, 0.25) is 0 Å². The van der Waals surface area contributed by atoms with Crippen LogP contribution in [-0.2, 0) is 6.37 Å². The zero-order valence-electron chi connectivity index (χ0n) is 23.6. The predicted molar refractivity (Wildman–Crippen MR) is 132 cm³/mol. The smallest absolute Gasteiger partial charge is 0.164 e. The highest BCUT2D eigenvalue weighted by molar-refractivity contribution is 5.97. The molecular formula is C29H26N2O2. The molecule has 0 amide bonds. The second-order valence-corrected chi connectivity index (χ2v) is 9.25. The van der Waals surface area contributed by atoms with Crippen molar-refractivity contribution in [3.05, 3.63) is 84.1 Å². The molecular weight excluding hydrogens is 408 g/mol. The van der Waals surface area contributed by atoms with E-state index in [-0.39, 0.29) is 11.1 Å². The Morgan fingerprint density at radius 1 is 0.909 bits per heavy atom. The van der Waals surface area contributed by atoms with Crippen LogP contribution in [0.15, 0.2) is 72.9 Å². The molecule has 0 saturated carbocycles. The summed E-state index contributed by atoms with van der Waals surface area (Å²) in [6.45, 7) is 2.75. The minimum absolute atomic E-state index is 0.0922. The minimum atomic E-state index is -2.52. The predicted octanol–water partition coefficient (Wildman–Crippen LogP) is 8.33. The quantitative estimate of drug-likeness (QED) is 0.272. The molecule has 4 nitrogen and oxygen atoms in total. The number of hydrogen-bond donors (Lipinski definition) is 0. The van der Waals surface area contributed by atoms with E-state index in [1.54, 1.807) is 26.8 Å². The highest BCUT2D eigenvalue weighted by atomic mass is 16.5. The van der Waals surface area contributed by atoms with E-state index >= 15 is 0 Å². The first-order valence-electron chi connectivity index (χ1n) is 13.4. The average molecular weight is 440 g/mol. The molecule has 3 aromatic carbocycles. The van der Waals surface area contributed by atoms with Crippen molar-refractivity contribution in [1.82, 2.24) is 4.98 Å². The zero-order valence-corrected chi connectivity index (χ0v) is 18.6. The molecule has 33 heavy (non-hydrogen) atoms. The van der Waals surface area contributed by atoms with Gasteiger partial charge in [-0.1, -0.05) is 45.0 Å².